The maximum absolute atomic E-state index is 5.05. The molecule has 0 bridgehead atoms. The summed E-state index contributed by atoms with van der Waals surface area (Å²) in [6, 6.07) is 0. The van der Waals surface area contributed by atoms with E-state index in [0.717, 1.165) is 26.2 Å². The number of hydrogen-bond donors (Lipinski definition) is 0. The van der Waals surface area contributed by atoms with Crippen LogP contribution in [0.1, 0.15) is 41.5 Å². The molecule has 2 nitrogen and oxygen atoms in total. The molecule has 0 aromatic rings. The number of nitrogens with zero attached hydrogens (tertiary/aromatic N) is 1. The molecule has 0 amide bonds. The predicted octanol–water partition coefficient (Wildman–Crippen LogP) is 3.03. The molecule has 0 saturated heterocycles. The molecule has 0 saturated carbocycles. The Morgan fingerprint density at radius 3 is 1.93 bits per heavy atom. The van der Waals surface area contributed by atoms with Crippen molar-refractivity contribution >= 4 is 0 Å². The van der Waals surface area contributed by atoms with Crippen molar-refractivity contribution in [2.75, 3.05) is 33.4 Å². The summed E-state index contributed by atoms with van der Waals surface area (Å²) in [5, 5.41) is 0. The van der Waals surface area contributed by atoms with E-state index in [4.69, 9.17) is 4.74 Å². The Kier molecular flexibility index (Phi) is 11.1. The Morgan fingerprint density at radius 2 is 1.64 bits per heavy atom. The first-order valence-corrected chi connectivity index (χ1v) is 5.71. The van der Waals surface area contributed by atoms with Crippen molar-refractivity contribution in [2.24, 2.45) is 5.41 Å². The van der Waals surface area contributed by atoms with Gasteiger partial charge in [-0.05, 0) is 12.0 Å². The van der Waals surface area contributed by atoms with Crippen LogP contribution in [0.2, 0.25) is 0 Å². The van der Waals surface area contributed by atoms with E-state index in [0.29, 0.717) is 5.41 Å². The van der Waals surface area contributed by atoms with Crippen molar-refractivity contribution in [3.05, 3.63) is 0 Å². The number of ether oxygens (including phenoxy) is 1. The molecule has 0 radical (unpaired) electrons. The van der Waals surface area contributed by atoms with E-state index in [-0.39, 0.29) is 0 Å². The Labute approximate surface area is 90.6 Å². The fourth-order valence-electron chi connectivity index (χ4n) is 1.24. The van der Waals surface area contributed by atoms with Crippen LogP contribution in [0.4, 0.5) is 0 Å². The number of rotatable bonds is 5. The highest BCUT2D eigenvalue weighted by Gasteiger charge is 2.14. The molecule has 0 spiro atoms. The van der Waals surface area contributed by atoms with Gasteiger partial charge >= 0.3 is 0 Å². The monoisotopic (exact) mass is 203 g/mol. The molecule has 0 fully saturated rings. The molecule has 0 aromatic heterocycles. The van der Waals surface area contributed by atoms with Gasteiger partial charge in [0, 0.05) is 20.2 Å². The molecular formula is C12H29NO. The molecule has 14 heavy (non-hydrogen) atoms. The van der Waals surface area contributed by atoms with E-state index < -0.39 is 0 Å². The maximum atomic E-state index is 5.05. The van der Waals surface area contributed by atoms with Gasteiger partial charge in [0.1, 0.15) is 0 Å². The second kappa shape index (κ2) is 9.47. The zero-order valence-corrected chi connectivity index (χ0v) is 11.2. The standard InChI is InChI=1S/C10H23NO.C2H6/c1-6-11(7-8-12-5)9-10(2,3)4;1-2/h6-9H2,1-5H3;1-2H3. The molecule has 0 aliphatic heterocycles. The SMILES string of the molecule is CC.CCN(CCOC)CC(C)(C)C. The minimum Gasteiger partial charge on any atom is -0.383 e. The molecule has 88 valence electrons. The summed E-state index contributed by atoms with van der Waals surface area (Å²) in [4.78, 5) is 2.42. The zero-order valence-electron chi connectivity index (χ0n) is 11.2. The van der Waals surface area contributed by atoms with Crippen molar-refractivity contribution in [2.45, 2.75) is 41.5 Å². The fraction of sp³-hybridized carbons (Fsp3) is 1.00. The van der Waals surface area contributed by atoms with Crippen LogP contribution in [-0.4, -0.2) is 38.3 Å². The quantitative estimate of drug-likeness (QED) is 0.681. The van der Waals surface area contributed by atoms with Crippen LogP contribution in [0.5, 0.6) is 0 Å². The summed E-state index contributed by atoms with van der Waals surface area (Å²) in [5.74, 6) is 0. The van der Waals surface area contributed by atoms with Gasteiger partial charge in [-0.1, -0.05) is 41.5 Å². The first kappa shape index (κ1) is 16.4. The Hall–Kier alpha value is -0.0800. The van der Waals surface area contributed by atoms with Crippen LogP contribution in [-0.2, 0) is 4.74 Å². The average molecular weight is 203 g/mol. The second-order valence-corrected chi connectivity index (χ2v) is 4.42. The lowest BCUT2D eigenvalue weighted by Gasteiger charge is -2.28. The summed E-state index contributed by atoms with van der Waals surface area (Å²) in [7, 11) is 1.75. The van der Waals surface area contributed by atoms with E-state index >= 15 is 0 Å². The minimum atomic E-state index is 0.393. The third-order valence-electron chi connectivity index (χ3n) is 1.76. The van der Waals surface area contributed by atoms with Crippen LogP contribution < -0.4 is 0 Å². The van der Waals surface area contributed by atoms with E-state index in [1.807, 2.05) is 13.8 Å². The first-order valence-electron chi connectivity index (χ1n) is 5.71. The summed E-state index contributed by atoms with van der Waals surface area (Å²) in [6.45, 7) is 17.1. The van der Waals surface area contributed by atoms with E-state index in [1.165, 1.54) is 0 Å². The second-order valence-electron chi connectivity index (χ2n) is 4.42. The zero-order chi connectivity index (χ0) is 11.6. The summed E-state index contributed by atoms with van der Waals surface area (Å²) in [6.07, 6.45) is 0. The summed E-state index contributed by atoms with van der Waals surface area (Å²) < 4.78 is 5.05. The molecule has 0 N–H and O–H groups in total. The van der Waals surface area contributed by atoms with Gasteiger partial charge in [-0.3, -0.25) is 0 Å². The van der Waals surface area contributed by atoms with Gasteiger partial charge in [-0.25, -0.2) is 0 Å². The molecule has 2 heteroatoms. The molecule has 0 rings (SSSR count). The highest BCUT2D eigenvalue weighted by atomic mass is 16.5. The van der Waals surface area contributed by atoms with Gasteiger partial charge < -0.3 is 9.64 Å². The fourth-order valence-corrected chi connectivity index (χ4v) is 1.24. The van der Waals surface area contributed by atoms with Gasteiger partial charge in [-0.2, -0.15) is 0 Å². The van der Waals surface area contributed by atoms with Crippen molar-refractivity contribution in [3.63, 3.8) is 0 Å². The predicted molar refractivity (Wildman–Crippen MR) is 64.8 cm³/mol. The van der Waals surface area contributed by atoms with Crippen molar-refractivity contribution in [1.29, 1.82) is 0 Å². The van der Waals surface area contributed by atoms with Crippen molar-refractivity contribution < 1.29 is 4.74 Å². The average Bonchev–Trinajstić information content (AvgIpc) is 2.14. The van der Waals surface area contributed by atoms with Gasteiger partial charge in [0.15, 0.2) is 0 Å². The molecule has 0 aromatic carbocycles. The third-order valence-corrected chi connectivity index (χ3v) is 1.76. The molecule has 0 atom stereocenters. The van der Waals surface area contributed by atoms with Crippen LogP contribution in [0.3, 0.4) is 0 Å². The topological polar surface area (TPSA) is 12.5 Å². The highest BCUT2D eigenvalue weighted by molar-refractivity contribution is 4.67. The Morgan fingerprint density at radius 1 is 1.14 bits per heavy atom. The lowest BCUT2D eigenvalue weighted by Crippen LogP contribution is -2.34. The Bertz CT molecular complexity index is 107. The smallest absolute Gasteiger partial charge is 0.0589 e. The van der Waals surface area contributed by atoms with Gasteiger partial charge in [-0.15, -0.1) is 0 Å². The van der Waals surface area contributed by atoms with Crippen molar-refractivity contribution in [1.82, 2.24) is 4.90 Å². The van der Waals surface area contributed by atoms with Gasteiger partial charge in [0.25, 0.3) is 0 Å². The van der Waals surface area contributed by atoms with E-state index in [2.05, 4.69) is 32.6 Å². The first-order chi connectivity index (χ1) is 6.49. The molecule has 0 aliphatic rings. The number of methoxy groups -OCH3 is 1. The Balaban J connectivity index is 0. The molecule has 0 heterocycles. The maximum Gasteiger partial charge on any atom is 0.0589 e. The third kappa shape index (κ3) is 11.9. The van der Waals surface area contributed by atoms with Crippen LogP contribution in [0, 0.1) is 5.41 Å². The normalized spacial score (nSPS) is 11.1. The minimum absolute atomic E-state index is 0.393. The summed E-state index contributed by atoms with van der Waals surface area (Å²) in [5.41, 5.74) is 0.393. The lowest BCUT2D eigenvalue weighted by atomic mass is 9.96. The molecule has 0 unspecified atom stereocenters. The number of likely N-dealkylation sites (N-methyl/N-ethyl adjacent to an activating group) is 1. The van der Waals surface area contributed by atoms with E-state index in [9.17, 15) is 0 Å². The van der Waals surface area contributed by atoms with Gasteiger partial charge in [0.2, 0.25) is 0 Å². The van der Waals surface area contributed by atoms with Crippen LogP contribution >= 0.6 is 0 Å². The van der Waals surface area contributed by atoms with Crippen LogP contribution in [0.25, 0.3) is 0 Å². The summed E-state index contributed by atoms with van der Waals surface area (Å²) >= 11 is 0. The lowest BCUT2D eigenvalue weighted by molar-refractivity contribution is 0.127. The van der Waals surface area contributed by atoms with E-state index in [1.54, 1.807) is 7.11 Å². The molecular weight excluding hydrogens is 174 g/mol. The largest absolute Gasteiger partial charge is 0.383 e. The molecule has 0 aliphatic carbocycles. The van der Waals surface area contributed by atoms with Gasteiger partial charge in [0.05, 0.1) is 6.61 Å². The van der Waals surface area contributed by atoms with Crippen LogP contribution in [0.15, 0.2) is 0 Å². The van der Waals surface area contributed by atoms with Crippen molar-refractivity contribution in [3.8, 4) is 0 Å². The number of hydrogen-bond acceptors (Lipinski definition) is 2. The highest BCUT2D eigenvalue weighted by Crippen LogP contribution is 2.14.